The molecule has 2 aromatic heterocycles. The monoisotopic (exact) mass is 364 g/mol. The Morgan fingerprint density at radius 1 is 1.25 bits per heavy atom. The third kappa shape index (κ3) is 3.58. The molecule has 1 N–H and O–H groups in total. The second-order valence-corrected chi connectivity index (χ2v) is 5.81. The zero-order valence-corrected chi connectivity index (χ0v) is 14.3. The van der Waals surface area contributed by atoms with Gasteiger partial charge in [0.15, 0.2) is 0 Å². The van der Waals surface area contributed by atoms with E-state index < -0.39 is 0 Å². The number of rotatable bonds is 5. The maximum absolute atomic E-state index is 12.2. The smallest absolute Gasteiger partial charge is 0.276 e. The SMILES string of the molecule is CCn1nccc1C(=O)Nc1ncn(Cc2ccc(Cl)c(Cl)c2)n1. The first kappa shape index (κ1) is 16.5. The van der Waals surface area contributed by atoms with E-state index in [0.29, 0.717) is 28.8 Å². The van der Waals surface area contributed by atoms with Crippen LogP contribution in [0, 0.1) is 0 Å². The zero-order valence-electron chi connectivity index (χ0n) is 12.8. The van der Waals surface area contributed by atoms with Crippen LogP contribution in [0.25, 0.3) is 0 Å². The van der Waals surface area contributed by atoms with E-state index in [0.717, 1.165) is 5.56 Å². The number of carbonyl (C=O) groups is 1. The van der Waals surface area contributed by atoms with E-state index in [1.54, 1.807) is 33.8 Å². The number of hydrogen-bond donors (Lipinski definition) is 1. The van der Waals surface area contributed by atoms with Crippen LogP contribution < -0.4 is 5.32 Å². The third-order valence-electron chi connectivity index (χ3n) is 3.34. The molecule has 0 fully saturated rings. The number of benzene rings is 1. The Hall–Kier alpha value is -2.38. The Bertz CT molecular complexity index is 872. The Labute approximate surface area is 148 Å². The minimum atomic E-state index is -0.304. The number of halogens is 2. The van der Waals surface area contributed by atoms with Crippen molar-refractivity contribution in [3.05, 3.63) is 58.1 Å². The summed E-state index contributed by atoms with van der Waals surface area (Å²) in [4.78, 5) is 16.3. The third-order valence-corrected chi connectivity index (χ3v) is 4.08. The quantitative estimate of drug-likeness (QED) is 0.754. The molecule has 9 heteroatoms. The number of hydrogen-bond acceptors (Lipinski definition) is 4. The number of nitrogens with zero attached hydrogens (tertiary/aromatic N) is 5. The number of anilines is 1. The minimum absolute atomic E-state index is 0.226. The van der Waals surface area contributed by atoms with Crippen LogP contribution in [0.3, 0.4) is 0 Å². The van der Waals surface area contributed by atoms with Crippen molar-refractivity contribution in [2.75, 3.05) is 5.32 Å². The van der Waals surface area contributed by atoms with Gasteiger partial charge in [0.05, 0.1) is 16.6 Å². The molecular formula is C15H14Cl2N6O. The van der Waals surface area contributed by atoms with Crippen molar-refractivity contribution < 1.29 is 4.79 Å². The van der Waals surface area contributed by atoms with Gasteiger partial charge in [0.1, 0.15) is 12.0 Å². The van der Waals surface area contributed by atoms with Crippen LogP contribution in [0.15, 0.2) is 36.8 Å². The van der Waals surface area contributed by atoms with Crippen LogP contribution in [0.4, 0.5) is 5.95 Å². The van der Waals surface area contributed by atoms with Crippen molar-refractivity contribution in [3.8, 4) is 0 Å². The second-order valence-electron chi connectivity index (χ2n) is 5.00. The van der Waals surface area contributed by atoms with Gasteiger partial charge in [-0.05, 0) is 30.7 Å². The molecule has 0 aliphatic heterocycles. The van der Waals surface area contributed by atoms with E-state index >= 15 is 0 Å². The summed E-state index contributed by atoms with van der Waals surface area (Å²) < 4.78 is 3.20. The van der Waals surface area contributed by atoms with Gasteiger partial charge in [-0.25, -0.2) is 9.67 Å². The van der Waals surface area contributed by atoms with Gasteiger partial charge < -0.3 is 0 Å². The molecule has 0 unspecified atom stereocenters. The fourth-order valence-corrected chi connectivity index (χ4v) is 2.52. The van der Waals surface area contributed by atoms with Crippen LogP contribution in [-0.4, -0.2) is 30.5 Å². The van der Waals surface area contributed by atoms with Crippen molar-refractivity contribution in [2.45, 2.75) is 20.0 Å². The lowest BCUT2D eigenvalue weighted by Gasteiger charge is -2.04. The summed E-state index contributed by atoms with van der Waals surface area (Å²) in [5.41, 5.74) is 1.38. The Balaban J connectivity index is 1.69. The highest BCUT2D eigenvalue weighted by molar-refractivity contribution is 6.42. The van der Waals surface area contributed by atoms with Crippen LogP contribution in [0.1, 0.15) is 23.0 Å². The van der Waals surface area contributed by atoms with Gasteiger partial charge in [0.2, 0.25) is 5.95 Å². The highest BCUT2D eigenvalue weighted by Crippen LogP contribution is 2.22. The van der Waals surface area contributed by atoms with E-state index in [1.807, 2.05) is 13.0 Å². The summed E-state index contributed by atoms with van der Waals surface area (Å²) >= 11 is 11.9. The highest BCUT2D eigenvalue weighted by atomic mass is 35.5. The maximum atomic E-state index is 12.2. The number of amides is 1. The highest BCUT2D eigenvalue weighted by Gasteiger charge is 2.13. The van der Waals surface area contributed by atoms with E-state index in [-0.39, 0.29) is 11.9 Å². The summed E-state index contributed by atoms with van der Waals surface area (Å²) in [6, 6.07) is 6.99. The van der Waals surface area contributed by atoms with Crippen LogP contribution in [0.5, 0.6) is 0 Å². The summed E-state index contributed by atoms with van der Waals surface area (Å²) in [7, 11) is 0. The fourth-order valence-electron chi connectivity index (χ4n) is 2.20. The fraction of sp³-hybridized carbons (Fsp3) is 0.200. The molecule has 0 aliphatic rings. The Morgan fingerprint density at radius 3 is 2.83 bits per heavy atom. The van der Waals surface area contributed by atoms with Gasteiger partial charge in [-0.2, -0.15) is 5.10 Å². The molecule has 1 aromatic carbocycles. The number of aryl methyl sites for hydroxylation is 1. The van der Waals surface area contributed by atoms with Gasteiger partial charge in [-0.15, -0.1) is 5.10 Å². The van der Waals surface area contributed by atoms with E-state index in [9.17, 15) is 4.79 Å². The first-order valence-corrected chi connectivity index (χ1v) is 7.99. The lowest BCUT2D eigenvalue weighted by Crippen LogP contribution is -2.18. The summed E-state index contributed by atoms with van der Waals surface area (Å²) in [5.74, 6) is -0.0782. The molecular weight excluding hydrogens is 351 g/mol. The van der Waals surface area contributed by atoms with Gasteiger partial charge in [0.25, 0.3) is 5.91 Å². The molecule has 0 saturated carbocycles. The molecule has 3 aromatic rings. The van der Waals surface area contributed by atoms with Gasteiger partial charge in [-0.1, -0.05) is 29.3 Å². The largest absolute Gasteiger partial charge is 0.288 e. The topological polar surface area (TPSA) is 77.6 Å². The second kappa shape index (κ2) is 7.02. The lowest BCUT2D eigenvalue weighted by molar-refractivity contribution is 0.101. The van der Waals surface area contributed by atoms with Crippen molar-refractivity contribution >= 4 is 35.1 Å². The van der Waals surface area contributed by atoms with Gasteiger partial charge >= 0.3 is 0 Å². The molecule has 3 rings (SSSR count). The molecule has 124 valence electrons. The molecule has 0 radical (unpaired) electrons. The Morgan fingerprint density at radius 2 is 2.08 bits per heavy atom. The van der Waals surface area contributed by atoms with Crippen LogP contribution >= 0.6 is 23.2 Å². The molecule has 24 heavy (non-hydrogen) atoms. The van der Waals surface area contributed by atoms with Crippen LogP contribution in [-0.2, 0) is 13.1 Å². The van der Waals surface area contributed by atoms with Gasteiger partial charge in [-0.3, -0.25) is 14.8 Å². The predicted octanol–water partition coefficient (Wildman–Crippen LogP) is 3.10. The number of aromatic nitrogens is 5. The van der Waals surface area contributed by atoms with Crippen molar-refractivity contribution in [2.24, 2.45) is 0 Å². The maximum Gasteiger partial charge on any atom is 0.276 e. The lowest BCUT2D eigenvalue weighted by atomic mass is 10.2. The van der Waals surface area contributed by atoms with Crippen molar-refractivity contribution in [1.82, 2.24) is 24.5 Å². The summed E-state index contributed by atoms with van der Waals surface area (Å²) in [6.45, 7) is 2.98. The molecule has 1 amide bonds. The van der Waals surface area contributed by atoms with Crippen LogP contribution in [0.2, 0.25) is 10.0 Å². The molecule has 0 spiro atoms. The standard InChI is InChI=1S/C15H14Cl2N6O/c1-2-23-13(5-6-19-23)14(24)20-15-18-9-22(21-15)8-10-3-4-11(16)12(17)7-10/h3-7,9H,2,8H2,1H3,(H,20,21,24). The van der Waals surface area contributed by atoms with Gasteiger partial charge in [0, 0.05) is 12.7 Å². The molecule has 2 heterocycles. The summed E-state index contributed by atoms with van der Waals surface area (Å²) in [6.07, 6.45) is 3.12. The van der Waals surface area contributed by atoms with E-state index in [1.165, 1.54) is 6.33 Å². The van der Waals surface area contributed by atoms with Crippen molar-refractivity contribution in [1.29, 1.82) is 0 Å². The molecule has 0 bridgehead atoms. The number of carbonyl (C=O) groups excluding carboxylic acids is 1. The minimum Gasteiger partial charge on any atom is -0.288 e. The first-order chi connectivity index (χ1) is 11.6. The predicted molar refractivity (Wildman–Crippen MR) is 91.4 cm³/mol. The molecule has 7 nitrogen and oxygen atoms in total. The average molecular weight is 365 g/mol. The van der Waals surface area contributed by atoms with Crippen molar-refractivity contribution in [3.63, 3.8) is 0 Å². The Kier molecular flexibility index (Phi) is 4.82. The molecule has 0 atom stereocenters. The molecule has 0 saturated heterocycles. The summed E-state index contributed by atoms with van der Waals surface area (Å²) in [5, 5.41) is 11.9. The van der Waals surface area contributed by atoms with E-state index in [2.05, 4.69) is 20.5 Å². The first-order valence-electron chi connectivity index (χ1n) is 7.23. The van der Waals surface area contributed by atoms with E-state index in [4.69, 9.17) is 23.2 Å². The molecule has 0 aliphatic carbocycles. The number of nitrogens with one attached hydrogen (secondary N) is 1. The average Bonchev–Trinajstić information content (AvgIpc) is 3.20. The zero-order chi connectivity index (χ0) is 17.1. The normalized spacial score (nSPS) is 10.8.